The Bertz CT molecular complexity index is 844. The van der Waals surface area contributed by atoms with Crippen LogP contribution in [0.3, 0.4) is 0 Å². The highest BCUT2D eigenvalue weighted by Gasteiger charge is 2.55. The summed E-state index contributed by atoms with van der Waals surface area (Å²) in [6.07, 6.45) is 8.81. The first kappa shape index (κ1) is 20.4. The van der Waals surface area contributed by atoms with Crippen LogP contribution in [-0.2, 0) is 17.6 Å². The molecule has 2 aromatic rings. The van der Waals surface area contributed by atoms with Crippen LogP contribution in [-0.4, -0.2) is 11.0 Å². The lowest BCUT2D eigenvalue weighted by Crippen LogP contribution is -2.51. The van der Waals surface area contributed by atoms with Gasteiger partial charge in [-0.3, -0.25) is 9.78 Å². The maximum Gasteiger partial charge on any atom is 0.317 e. The Balaban J connectivity index is 0.00000205. The lowest BCUT2D eigenvalue weighted by molar-refractivity contribution is -0.161. The Hall–Kier alpha value is -1.87. The normalized spacial score (nSPS) is 29.3. The van der Waals surface area contributed by atoms with E-state index in [1.807, 2.05) is 25.1 Å². The monoisotopic (exact) mass is 411 g/mol. The molecule has 0 spiro atoms. The maximum atomic E-state index is 13.3. The molecule has 4 saturated carbocycles. The molecule has 3 nitrogen and oxygen atoms in total. The first-order valence-electron chi connectivity index (χ1n) is 10.8. The number of aromatic nitrogens is 1. The zero-order valence-electron chi connectivity index (χ0n) is 17.1. The molecule has 0 N–H and O–H groups in total. The van der Waals surface area contributed by atoms with Crippen LogP contribution >= 0.6 is 12.4 Å². The summed E-state index contributed by atoms with van der Waals surface area (Å²) >= 11 is 0. The number of halogens is 1. The average Bonchev–Trinajstić information content (AvgIpc) is 2.68. The molecule has 4 heteroatoms. The van der Waals surface area contributed by atoms with Gasteiger partial charge in [0.05, 0.1) is 11.1 Å². The van der Waals surface area contributed by atoms with Crippen molar-refractivity contribution in [3.05, 3.63) is 59.4 Å². The second-order valence-electron chi connectivity index (χ2n) is 9.47. The summed E-state index contributed by atoms with van der Waals surface area (Å²) in [6, 6.07) is 14.3. The maximum absolute atomic E-state index is 13.3. The molecule has 154 valence electrons. The van der Waals surface area contributed by atoms with E-state index in [-0.39, 0.29) is 23.8 Å². The predicted molar refractivity (Wildman–Crippen MR) is 116 cm³/mol. The van der Waals surface area contributed by atoms with Crippen LogP contribution in [0.2, 0.25) is 0 Å². The van der Waals surface area contributed by atoms with Gasteiger partial charge in [-0.25, -0.2) is 0 Å². The number of pyridine rings is 1. The molecule has 6 rings (SSSR count). The van der Waals surface area contributed by atoms with Gasteiger partial charge in [-0.05, 0) is 93.7 Å². The van der Waals surface area contributed by atoms with Gasteiger partial charge in [0.25, 0.3) is 0 Å². The van der Waals surface area contributed by atoms with Crippen molar-refractivity contribution in [2.75, 3.05) is 0 Å². The van der Waals surface area contributed by atoms with Crippen molar-refractivity contribution in [1.82, 2.24) is 4.98 Å². The van der Waals surface area contributed by atoms with Crippen LogP contribution in [0.15, 0.2) is 42.5 Å². The lowest BCUT2D eigenvalue weighted by Gasteiger charge is -2.55. The second kappa shape index (κ2) is 8.10. The fourth-order valence-electron chi connectivity index (χ4n) is 6.35. The van der Waals surface area contributed by atoms with E-state index >= 15 is 0 Å². The van der Waals surface area contributed by atoms with Gasteiger partial charge in [0, 0.05) is 5.69 Å². The number of benzene rings is 1. The molecule has 0 atom stereocenters. The molecular weight excluding hydrogens is 382 g/mol. The van der Waals surface area contributed by atoms with Crippen LogP contribution in [0.5, 0.6) is 5.75 Å². The van der Waals surface area contributed by atoms with Crippen molar-refractivity contribution < 1.29 is 9.53 Å². The van der Waals surface area contributed by atoms with E-state index in [1.165, 1.54) is 24.8 Å². The van der Waals surface area contributed by atoms with E-state index in [4.69, 9.17) is 9.72 Å². The molecule has 4 aliphatic rings. The molecular formula is C25H30ClNO2. The minimum atomic E-state index is -0.226. The van der Waals surface area contributed by atoms with Gasteiger partial charge in [-0.15, -0.1) is 12.4 Å². The van der Waals surface area contributed by atoms with Crippen LogP contribution < -0.4 is 4.74 Å². The van der Waals surface area contributed by atoms with Gasteiger partial charge in [-0.1, -0.05) is 30.3 Å². The summed E-state index contributed by atoms with van der Waals surface area (Å²) in [7, 11) is 0. The third-order valence-electron chi connectivity index (χ3n) is 7.24. The largest absolute Gasteiger partial charge is 0.424 e. The molecule has 4 fully saturated rings. The Morgan fingerprint density at radius 1 is 0.966 bits per heavy atom. The number of carbonyl (C=O) groups is 1. The number of aryl methyl sites for hydroxylation is 3. The minimum Gasteiger partial charge on any atom is -0.424 e. The van der Waals surface area contributed by atoms with Crippen molar-refractivity contribution in [1.29, 1.82) is 0 Å². The van der Waals surface area contributed by atoms with Gasteiger partial charge < -0.3 is 4.74 Å². The SMILES string of the molecule is Cc1ccc(OC(=O)C23CC4CC(CC(C4)C2)C3)c(CCc2ccccc2)n1.Cl. The Kier molecular flexibility index (Phi) is 5.70. The van der Waals surface area contributed by atoms with E-state index in [1.54, 1.807) is 0 Å². The summed E-state index contributed by atoms with van der Waals surface area (Å²) < 4.78 is 6.07. The summed E-state index contributed by atoms with van der Waals surface area (Å²) in [6.45, 7) is 2.00. The number of esters is 1. The predicted octanol–water partition coefficient (Wildman–Crippen LogP) is 5.72. The number of ether oxygens (including phenoxy) is 1. The third kappa shape index (κ3) is 4.07. The van der Waals surface area contributed by atoms with E-state index in [0.29, 0.717) is 5.75 Å². The summed E-state index contributed by atoms with van der Waals surface area (Å²) in [4.78, 5) is 18.0. The number of carbonyl (C=O) groups excluding carboxylic acids is 1. The summed E-state index contributed by atoms with van der Waals surface area (Å²) in [5, 5.41) is 0. The fraction of sp³-hybridized carbons (Fsp3) is 0.520. The number of nitrogens with zero attached hydrogens (tertiary/aromatic N) is 1. The van der Waals surface area contributed by atoms with Gasteiger partial charge >= 0.3 is 5.97 Å². The third-order valence-corrected chi connectivity index (χ3v) is 7.24. The van der Waals surface area contributed by atoms with E-state index in [9.17, 15) is 4.79 Å². The molecule has 4 aliphatic carbocycles. The highest BCUT2D eigenvalue weighted by molar-refractivity contribution is 5.85. The van der Waals surface area contributed by atoms with Crippen LogP contribution in [0.4, 0.5) is 0 Å². The first-order chi connectivity index (χ1) is 13.6. The Labute approximate surface area is 179 Å². The fourth-order valence-corrected chi connectivity index (χ4v) is 6.35. The number of hydrogen-bond acceptors (Lipinski definition) is 3. The Morgan fingerprint density at radius 3 is 2.21 bits per heavy atom. The van der Waals surface area contributed by atoms with E-state index in [0.717, 1.165) is 61.2 Å². The molecule has 0 unspecified atom stereocenters. The zero-order valence-corrected chi connectivity index (χ0v) is 17.9. The highest BCUT2D eigenvalue weighted by atomic mass is 35.5. The number of hydrogen-bond donors (Lipinski definition) is 0. The quantitative estimate of drug-likeness (QED) is 0.590. The molecule has 0 amide bonds. The molecule has 0 saturated heterocycles. The lowest BCUT2D eigenvalue weighted by atomic mass is 9.49. The van der Waals surface area contributed by atoms with Gasteiger partial charge in [-0.2, -0.15) is 0 Å². The molecule has 1 aromatic heterocycles. The molecule has 0 aliphatic heterocycles. The summed E-state index contributed by atoms with van der Waals surface area (Å²) in [5.41, 5.74) is 2.93. The van der Waals surface area contributed by atoms with E-state index in [2.05, 4.69) is 24.3 Å². The average molecular weight is 412 g/mol. The van der Waals surface area contributed by atoms with Crippen LogP contribution in [0.1, 0.15) is 55.5 Å². The topological polar surface area (TPSA) is 39.2 Å². The van der Waals surface area contributed by atoms with Crippen LogP contribution in [0, 0.1) is 30.1 Å². The van der Waals surface area contributed by atoms with Gasteiger partial charge in [0.2, 0.25) is 0 Å². The van der Waals surface area contributed by atoms with Crippen molar-refractivity contribution in [3.63, 3.8) is 0 Å². The number of rotatable bonds is 5. The molecule has 0 radical (unpaired) electrons. The smallest absolute Gasteiger partial charge is 0.317 e. The van der Waals surface area contributed by atoms with Crippen molar-refractivity contribution in [3.8, 4) is 5.75 Å². The summed E-state index contributed by atoms with van der Waals surface area (Å²) in [5.74, 6) is 2.91. The Morgan fingerprint density at radius 2 is 1.59 bits per heavy atom. The minimum absolute atomic E-state index is 0. The first-order valence-corrected chi connectivity index (χ1v) is 10.8. The van der Waals surface area contributed by atoms with Gasteiger partial charge in [0.15, 0.2) is 5.75 Å². The molecule has 29 heavy (non-hydrogen) atoms. The van der Waals surface area contributed by atoms with Crippen LogP contribution in [0.25, 0.3) is 0 Å². The van der Waals surface area contributed by atoms with E-state index < -0.39 is 0 Å². The standard InChI is InChI=1S/C25H29NO2.ClH/c1-17-7-10-23(22(26-17)9-8-18-5-3-2-4-6-18)28-24(27)25-14-19-11-20(15-25)13-21(12-19)16-25;/h2-7,10,19-21H,8-9,11-16H2,1H3;1H. The van der Waals surface area contributed by atoms with Gasteiger partial charge in [0.1, 0.15) is 0 Å². The molecule has 1 heterocycles. The molecule has 1 aromatic carbocycles. The van der Waals surface area contributed by atoms with Crippen molar-refractivity contribution in [2.45, 2.75) is 58.3 Å². The highest BCUT2D eigenvalue weighted by Crippen LogP contribution is 2.60. The van der Waals surface area contributed by atoms with Crippen molar-refractivity contribution >= 4 is 18.4 Å². The molecule has 4 bridgehead atoms. The van der Waals surface area contributed by atoms with Crippen molar-refractivity contribution in [2.24, 2.45) is 23.2 Å². The zero-order chi connectivity index (χ0) is 19.1. The second-order valence-corrected chi connectivity index (χ2v) is 9.47.